The van der Waals surface area contributed by atoms with Gasteiger partial charge >= 0.3 is 5.97 Å². The Morgan fingerprint density at radius 3 is 2.18 bits per heavy atom. The molecule has 0 fully saturated rings. The average molecular weight is 442 g/mol. The third-order valence-corrected chi connectivity index (χ3v) is 4.57. The Hall–Kier alpha value is -4.65. The Kier molecular flexibility index (Phi) is 7.75. The summed E-state index contributed by atoms with van der Waals surface area (Å²) in [4.78, 5) is 37.0. The fraction of sp³-hybridized carbons (Fsp3) is 0.0385. The highest BCUT2D eigenvalue weighted by atomic mass is 16.5. The van der Waals surface area contributed by atoms with E-state index >= 15 is 0 Å². The number of carbonyl (C=O) groups is 3. The molecular weight excluding hydrogens is 420 g/mol. The molecule has 0 radical (unpaired) electrons. The van der Waals surface area contributed by atoms with Crippen molar-refractivity contribution in [1.82, 2.24) is 5.32 Å². The Morgan fingerprint density at radius 1 is 0.879 bits per heavy atom. The number of nitrogens with one attached hydrogen (secondary N) is 2. The van der Waals surface area contributed by atoms with Crippen LogP contribution in [-0.2, 0) is 4.79 Å². The normalized spacial score (nSPS) is 11.1. The molecule has 2 amide bonds. The van der Waals surface area contributed by atoms with Crippen LogP contribution in [0.3, 0.4) is 0 Å². The van der Waals surface area contributed by atoms with E-state index in [9.17, 15) is 19.5 Å². The van der Waals surface area contributed by atoms with E-state index in [0.29, 0.717) is 5.56 Å². The van der Waals surface area contributed by atoms with Gasteiger partial charge in [-0.3, -0.25) is 9.59 Å². The van der Waals surface area contributed by atoms with Crippen molar-refractivity contribution >= 4 is 29.5 Å². The molecule has 0 saturated heterocycles. The zero-order valence-electron chi connectivity index (χ0n) is 17.8. The van der Waals surface area contributed by atoms with E-state index in [-0.39, 0.29) is 22.7 Å². The lowest BCUT2D eigenvalue weighted by Crippen LogP contribution is -2.30. The van der Waals surface area contributed by atoms with Crippen LogP contribution in [0, 0.1) is 0 Å². The molecule has 0 aliphatic rings. The number of allylic oxidation sites excluding steroid dienone is 2. The van der Waals surface area contributed by atoms with Crippen LogP contribution in [0.15, 0.2) is 96.7 Å². The molecule has 7 heteroatoms. The molecule has 166 valence electrons. The van der Waals surface area contributed by atoms with Crippen LogP contribution in [0.1, 0.15) is 26.3 Å². The van der Waals surface area contributed by atoms with Crippen molar-refractivity contribution in [1.29, 1.82) is 0 Å². The van der Waals surface area contributed by atoms with Crippen molar-refractivity contribution in [3.05, 3.63) is 113 Å². The number of benzene rings is 3. The second-order valence-corrected chi connectivity index (χ2v) is 6.84. The number of amides is 2. The standard InChI is InChI=1S/C26H22N2O5/c1-33-23-16-15-20(26(31)32)17-22(23)28-25(30)21(14-8-11-18-9-4-2-5-10-18)27-24(29)19-12-6-3-7-13-19/h2-17H,1H3,(H,27,29)(H,28,30)(H,31,32)/b11-8+,21-14+. The third kappa shape index (κ3) is 6.41. The number of carboxylic acids is 1. The predicted octanol–water partition coefficient (Wildman–Crippen LogP) is 4.36. The lowest BCUT2D eigenvalue weighted by atomic mass is 10.1. The summed E-state index contributed by atoms with van der Waals surface area (Å²) in [6.07, 6.45) is 4.89. The monoisotopic (exact) mass is 442 g/mol. The first-order valence-electron chi connectivity index (χ1n) is 10.0. The van der Waals surface area contributed by atoms with Gasteiger partial charge in [-0.25, -0.2) is 4.79 Å². The Balaban J connectivity index is 1.89. The molecular formula is C26H22N2O5. The van der Waals surface area contributed by atoms with Crippen LogP contribution < -0.4 is 15.4 Å². The van der Waals surface area contributed by atoms with E-state index in [0.717, 1.165) is 5.56 Å². The van der Waals surface area contributed by atoms with Crippen LogP contribution in [0.25, 0.3) is 6.08 Å². The Labute approximate surface area is 191 Å². The molecule has 0 unspecified atom stereocenters. The zero-order chi connectivity index (χ0) is 23.6. The summed E-state index contributed by atoms with van der Waals surface area (Å²) in [5.74, 6) is -1.97. The first kappa shape index (κ1) is 23.0. The Bertz CT molecular complexity index is 1200. The number of ether oxygens (including phenoxy) is 1. The van der Waals surface area contributed by atoms with Crippen LogP contribution in [-0.4, -0.2) is 30.0 Å². The number of rotatable bonds is 8. The number of hydrogen-bond donors (Lipinski definition) is 3. The molecule has 3 aromatic carbocycles. The molecule has 3 N–H and O–H groups in total. The second-order valence-electron chi connectivity index (χ2n) is 6.84. The number of carbonyl (C=O) groups excluding carboxylic acids is 2. The molecule has 0 aliphatic carbocycles. The van der Waals surface area contributed by atoms with E-state index in [1.54, 1.807) is 42.5 Å². The number of aromatic carboxylic acids is 1. The van der Waals surface area contributed by atoms with Gasteiger partial charge in [-0.1, -0.05) is 60.7 Å². The maximum Gasteiger partial charge on any atom is 0.335 e. The minimum Gasteiger partial charge on any atom is -0.495 e. The van der Waals surface area contributed by atoms with Gasteiger partial charge < -0.3 is 20.5 Å². The second kappa shape index (κ2) is 11.1. The highest BCUT2D eigenvalue weighted by Gasteiger charge is 2.17. The number of carboxylic acid groups (broad SMARTS) is 1. The Morgan fingerprint density at radius 2 is 1.55 bits per heavy atom. The minimum absolute atomic E-state index is 0.0195. The fourth-order valence-electron chi connectivity index (χ4n) is 2.91. The third-order valence-electron chi connectivity index (χ3n) is 4.57. The van der Waals surface area contributed by atoms with E-state index in [2.05, 4.69) is 10.6 Å². The highest BCUT2D eigenvalue weighted by Crippen LogP contribution is 2.26. The number of anilines is 1. The molecule has 0 saturated carbocycles. The number of hydrogen-bond acceptors (Lipinski definition) is 4. The molecule has 3 rings (SSSR count). The van der Waals surface area contributed by atoms with Crippen molar-refractivity contribution in [2.45, 2.75) is 0 Å². The average Bonchev–Trinajstić information content (AvgIpc) is 2.84. The molecule has 0 heterocycles. The van der Waals surface area contributed by atoms with Crippen molar-refractivity contribution in [3.8, 4) is 5.75 Å². The van der Waals surface area contributed by atoms with Gasteiger partial charge in [0.25, 0.3) is 11.8 Å². The summed E-state index contributed by atoms with van der Waals surface area (Å²) < 4.78 is 5.22. The van der Waals surface area contributed by atoms with Gasteiger partial charge in [0.15, 0.2) is 0 Å². The first-order chi connectivity index (χ1) is 16.0. The molecule has 0 spiro atoms. The summed E-state index contributed by atoms with van der Waals surface area (Å²) in [7, 11) is 1.40. The molecule has 0 atom stereocenters. The minimum atomic E-state index is -1.15. The van der Waals surface area contributed by atoms with Gasteiger partial charge in [0.1, 0.15) is 11.4 Å². The van der Waals surface area contributed by atoms with Gasteiger partial charge in [-0.05, 0) is 42.0 Å². The van der Waals surface area contributed by atoms with Crippen LogP contribution in [0.5, 0.6) is 5.75 Å². The van der Waals surface area contributed by atoms with E-state index in [4.69, 9.17) is 4.74 Å². The molecule has 7 nitrogen and oxygen atoms in total. The first-order valence-corrected chi connectivity index (χ1v) is 10.0. The highest BCUT2D eigenvalue weighted by molar-refractivity contribution is 6.09. The van der Waals surface area contributed by atoms with Crippen LogP contribution >= 0.6 is 0 Å². The lowest BCUT2D eigenvalue weighted by molar-refractivity contribution is -0.113. The van der Waals surface area contributed by atoms with Gasteiger partial charge in [-0.2, -0.15) is 0 Å². The molecule has 0 aromatic heterocycles. The summed E-state index contributed by atoms with van der Waals surface area (Å²) in [5, 5.41) is 14.5. The molecule has 33 heavy (non-hydrogen) atoms. The van der Waals surface area contributed by atoms with Gasteiger partial charge in [0, 0.05) is 5.56 Å². The zero-order valence-corrected chi connectivity index (χ0v) is 17.8. The van der Waals surface area contributed by atoms with Gasteiger partial charge in [0.05, 0.1) is 18.4 Å². The summed E-state index contributed by atoms with van der Waals surface area (Å²) >= 11 is 0. The van der Waals surface area contributed by atoms with E-state index in [1.165, 1.54) is 31.4 Å². The maximum absolute atomic E-state index is 13.0. The van der Waals surface area contributed by atoms with Crippen molar-refractivity contribution < 1.29 is 24.2 Å². The maximum atomic E-state index is 13.0. The van der Waals surface area contributed by atoms with E-state index in [1.807, 2.05) is 30.3 Å². The fourth-order valence-corrected chi connectivity index (χ4v) is 2.91. The van der Waals surface area contributed by atoms with Crippen LogP contribution in [0.2, 0.25) is 0 Å². The van der Waals surface area contributed by atoms with Gasteiger partial charge in [-0.15, -0.1) is 0 Å². The number of methoxy groups -OCH3 is 1. The van der Waals surface area contributed by atoms with Crippen LogP contribution in [0.4, 0.5) is 5.69 Å². The van der Waals surface area contributed by atoms with E-state index < -0.39 is 17.8 Å². The SMILES string of the molecule is COc1ccc(C(=O)O)cc1NC(=O)/C(=C\C=C\c1ccccc1)NC(=O)c1ccccc1. The predicted molar refractivity (Wildman–Crippen MR) is 126 cm³/mol. The topological polar surface area (TPSA) is 105 Å². The lowest BCUT2D eigenvalue weighted by Gasteiger charge is -2.13. The summed E-state index contributed by atoms with van der Waals surface area (Å²) in [6, 6.07) is 22.0. The van der Waals surface area contributed by atoms with Crippen molar-refractivity contribution in [3.63, 3.8) is 0 Å². The molecule has 3 aromatic rings. The van der Waals surface area contributed by atoms with Crippen molar-refractivity contribution in [2.24, 2.45) is 0 Å². The molecule has 0 bridgehead atoms. The smallest absolute Gasteiger partial charge is 0.335 e. The largest absolute Gasteiger partial charge is 0.495 e. The summed E-state index contributed by atoms with van der Waals surface area (Å²) in [6.45, 7) is 0. The summed E-state index contributed by atoms with van der Waals surface area (Å²) in [5.41, 5.74) is 1.41. The van der Waals surface area contributed by atoms with Crippen molar-refractivity contribution in [2.75, 3.05) is 12.4 Å². The quantitative estimate of drug-likeness (QED) is 0.355. The van der Waals surface area contributed by atoms with Gasteiger partial charge in [0.2, 0.25) is 0 Å². The molecule has 0 aliphatic heterocycles.